The van der Waals surface area contributed by atoms with Gasteiger partial charge in [0, 0.05) is 12.1 Å². The van der Waals surface area contributed by atoms with Crippen LogP contribution in [0, 0.1) is 11.2 Å². The van der Waals surface area contributed by atoms with Crippen molar-refractivity contribution in [2.75, 3.05) is 0 Å². The van der Waals surface area contributed by atoms with E-state index in [0.29, 0.717) is 12.1 Å². The molecule has 2 heteroatoms. The topological polar surface area (TPSA) is 12.0 Å². The van der Waals surface area contributed by atoms with Crippen molar-refractivity contribution in [2.24, 2.45) is 5.41 Å². The van der Waals surface area contributed by atoms with Crippen molar-refractivity contribution in [1.82, 2.24) is 5.32 Å². The molecule has 17 heavy (non-hydrogen) atoms. The van der Waals surface area contributed by atoms with Gasteiger partial charge in [-0.1, -0.05) is 32.9 Å². The number of halogens is 1. The van der Waals surface area contributed by atoms with Crippen LogP contribution < -0.4 is 5.32 Å². The van der Waals surface area contributed by atoms with Gasteiger partial charge in [0.05, 0.1) is 0 Å². The molecule has 0 spiro atoms. The lowest BCUT2D eigenvalue weighted by Crippen LogP contribution is -2.43. The summed E-state index contributed by atoms with van der Waals surface area (Å²) in [5, 5.41) is 3.57. The van der Waals surface area contributed by atoms with Gasteiger partial charge in [0.1, 0.15) is 5.82 Å². The summed E-state index contributed by atoms with van der Waals surface area (Å²) in [6, 6.07) is 7.63. The third-order valence-electron chi connectivity index (χ3n) is 3.26. The molecule has 1 aromatic rings. The van der Waals surface area contributed by atoms with Gasteiger partial charge in [-0.3, -0.25) is 0 Å². The Morgan fingerprint density at radius 1 is 1.24 bits per heavy atom. The summed E-state index contributed by atoms with van der Waals surface area (Å²) in [7, 11) is 0. The van der Waals surface area contributed by atoms with Gasteiger partial charge in [-0.25, -0.2) is 4.39 Å². The minimum absolute atomic E-state index is 0.154. The van der Waals surface area contributed by atoms with E-state index in [-0.39, 0.29) is 11.2 Å². The van der Waals surface area contributed by atoms with E-state index in [9.17, 15) is 4.39 Å². The van der Waals surface area contributed by atoms with Crippen LogP contribution in [0.15, 0.2) is 24.3 Å². The van der Waals surface area contributed by atoms with Crippen molar-refractivity contribution < 1.29 is 4.39 Å². The van der Waals surface area contributed by atoms with Gasteiger partial charge >= 0.3 is 0 Å². The second-order valence-electron chi connectivity index (χ2n) is 5.99. The van der Waals surface area contributed by atoms with Crippen molar-refractivity contribution in [3.8, 4) is 0 Å². The molecule has 0 heterocycles. The second-order valence-corrected chi connectivity index (χ2v) is 5.99. The third-order valence-corrected chi connectivity index (χ3v) is 3.26. The Bertz CT molecular complexity index is 354. The van der Waals surface area contributed by atoms with E-state index in [2.05, 4.69) is 39.9 Å². The highest BCUT2D eigenvalue weighted by molar-refractivity contribution is 5.17. The van der Waals surface area contributed by atoms with E-state index in [1.165, 1.54) is 6.07 Å². The average Bonchev–Trinajstić information content (AvgIpc) is 2.15. The quantitative estimate of drug-likeness (QED) is 0.840. The van der Waals surface area contributed by atoms with Gasteiger partial charge in [-0.2, -0.15) is 0 Å². The fourth-order valence-electron chi connectivity index (χ4n) is 1.75. The van der Waals surface area contributed by atoms with Gasteiger partial charge in [0.2, 0.25) is 0 Å². The second kappa shape index (κ2) is 5.63. The molecule has 0 aromatic heterocycles. The first kappa shape index (κ1) is 14.2. The van der Waals surface area contributed by atoms with E-state index in [4.69, 9.17) is 0 Å². The number of nitrogens with one attached hydrogen (secondary N) is 1. The van der Waals surface area contributed by atoms with Crippen molar-refractivity contribution >= 4 is 0 Å². The van der Waals surface area contributed by atoms with E-state index >= 15 is 0 Å². The van der Waals surface area contributed by atoms with E-state index < -0.39 is 0 Å². The molecule has 96 valence electrons. The lowest BCUT2D eigenvalue weighted by Gasteiger charge is -2.31. The average molecular weight is 237 g/mol. The van der Waals surface area contributed by atoms with E-state index in [0.717, 1.165) is 12.0 Å². The molecule has 0 fully saturated rings. The molecule has 0 aliphatic heterocycles. The van der Waals surface area contributed by atoms with Gasteiger partial charge in [-0.15, -0.1) is 0 Å². The zero-order chi connectivity index (χ0) is 13.1. The minimum atomic E-state index is -0.154. The number of rotatable bonds is 4. The molecule has 1 N–H and O–H groups in total. The molecule has 1 nitrogen and oxygen atoms in total. The molecule has 1 aromatic carbocycles. The Kier molecular flexibility index (Phi) is 4.70. The van der Waals surface area contributed by atoms with Crippen LogP contribution in [0.2, 0.25) is 0 Å². The maximum absolute atomic E-state index is 13.0. The third kappa shape index (κ3) is 4.86. The summed E-state index contributed by atoms with van der Waals surface area (Å²) in [6.45, 7) is 11.0. The Morgan fingerprint density at radius 3 is 2.41 bits per heavy atom. The number of hydrogen-bond acceptors (Lipinski definition) is 1. The van der Waals surface area contributed by atoms with Gasteiger partial charge < -0.3 is 5.32 Å². The monoisotopic (exact) mass is 237 g/mol. The van der Waals surface area contributed by atoms with Crippen LogP contribution in [0.3, 0.4) is 0 Å². The van der Waals surface area contributed by atoms with E-state index in [1.54, 1.807) is 12.1 Å². The maximum Gasteiger partial charge on any atom is 0.123 e. The standard InChI is InChI=1S/C15H24FN/c1-11(17-12(2)15(3,4)5)9-13-7-6-8-14(16)10-13/h6-8,10-12,17H,9H2,1-5H3. The normalized spacial score (nSPS) is 15.6. The summed E-state index contributed by atoms with van der Waals surface area (Å²) >= 11 is 0. The molecule has 0 amide bonds. The molecular weight excluding hydrogens is 213 g/mol. The number of hydrogen-bond donors (Lipinski definition) is 1. The Hall–Kier alpha value is -0.890. The number of benzene rings is 1. The Morgan fingerprint density at radius 2 is 1.88 bits per heavy atom. The molecule has 2 atom stereocenters. The largest absolute Gasteiger partial charge is 0.311 e. The Labute approximate surface area is 104 Å². The molecule has 0 radical (unpaired) electrons. The first-order chi connectivity index (χ1) is 7.79. The fraction of sp³-hybridized carbons (Fsp3) is 0.600. The maximum atomic E-state index is 13.0. The zero-order valence-corrected chi connectivity index (χ0v) is 11.5. The smallest absolute Gasteiger partial charge is 0.123 e. The summed E-state index contributed by atoms with van der Waals surface area (Å²) in [4.78, 5) is 0. The van der Waals surface area contributed by atoms with Gasteiger partial charge in [0.25, 0.3) is 0 Å². The van der Waals surface area contributed by atoms with Crippen molar-refractivity contribution in [3.05, 3.63) is 35.6 Å². The van der Waals surface area contributed by atoms with Crippen LogP contribution in [-0.4, -0.2) is 12.1 Å². The predicted molar refractivity (Wildman–Crippen MR) is 71.6 cm³/mol. The molecular formula is C15H24FN. The lowest BCUT2D eigenvalue weighted by atomic mass is 9.87. The van der Waals surface area contributed by atoms with Crippen LogP contribution in [0.1, 0.15) is 40.2 Å². The van der Waals surface area contributed by atoms with Crippen LogP contribution in [0.4, 0.5) is 4.39 Å². The van der Waals surface area contributed by atoms with Gasteiger partial charge in [0.15, 0.2) is 0 Å². The first-order valence-corrected chi connectivity index (χ1v) is 6.29. The summed E-state index contributed by atoms with van der Waals surface area (Å²) in [5.74, 6) is -0.154. The molecule has 1 rings (SSSR count). The first-order valence-electron chi connectivity index (χ1n) is 6.29. The van der Waals surface area contributed by atoms with Crippen molar-refractivity contribution in [3.63, 3.8) is 0 Å². The Balaban J connectivity index is 2.53. The molecule has 0 saturated heterocycles. The summed E-state index contributed by atoms with van der Waals surface area (Å²) in [6.07, 6.45) is 0.859. The van der Waals surface area contributed by atoms with Crippen LogP contribution >= 0.6 is 0 Å². The highest BCUT2D eigenvalue weighted by Gasteiger charge is 2.21. The van der Waals surface area contributed by atoms with Crippen LogP contribution in [0.5, 0.6) is 0 Å². The molecule has 0 aliphatic rings. The lowest BCUT2D eigenvalue weighted by molar-refractivity contribution is 0.266. The summed E-state index contributed by atoms with van der Waals surface area (Å²) in [5.41, 5.74) is 1.29. The van der Waals surface area contributed by atoms with E-state index in [1.807, 2.05) is 6.07 Å². The fourth-order valence-corrected chi connectivity index (χ4v) is 1.75. The van der Waals surface area contributed by atoms with Crippen molar-refractivity contribution in [2.45, 2.75) is 53.1 Å². The minimum Gasteiger partial charge on any atom is -0.311 e. The molecule has 0 saturated carbocycles. The molecule has 0 aliphatic carbocycles. The highest BCUT2D eigenvalue weighted by atomic mass is 19.1. The highest BCUT2D eigenvalue weighted by Crippen LogP contribution is 2.19. The zero-order valence-electron chi connectivity index (χ0n) is 11.5. The predicted octanol–water partition coefficient (Wildman–Crippen LogP) is 3.78. The SMILES string of the molecule is CC(Cc1cccc(F)c1)NC(C)C(C)(C)C. The van der Waals surface area contributed by atoms with Crippen LogP contribution in [0.25, 0.3) is 0 Å². The van der Waals surface area contributed by atoms with Crippen LogP contribution in [-0.2, 0) is 6.42 Å². The molecule has 0 bridgehead atoms. The summed E-state index contributed by atoms with van der Waals surface area (Å²) < 4.78 is 13.0. The van der Waals surface area contributed by atoms with Gasteiger partial charge in [-0.05, 0) is 43.4 Å². The van der Waals surface area contributed by atoms with Crippen molar-refractivity contribution in [1.29, 1.82) is 0 Å². The molecule has 2 unspecified atom stereocenters.